The molecule has 3 aromatic heterocycles. The number of pyridine rings is 1. The first-order valence-corrected chi connectivity index (χ1v) is 9.83. The highest BCUT2D eigenvalue weighted by molar-refractivity contribution is 7.18. The second-order valence-electron chi connectivity index (χ2n) is 6.76. The molecule has 0 fully saturated rings. The maximum Gasteiger partial charge on any atom is 0.291 e. The normalized spacial score (nSPS) is 10.7. The number of ether oxygens (including phenoxy) is 1. The summed E-state index contributed by atoms with van der Waals surface area (Å²) in [4.78, 5) is 31.8. The van der Waals surface area contributed by atoms with Crippen molar-refractivity contribution in [3.8, 4) is 5.75 Å². The third kappa shape index (κ3) is 4.32. The number of methoxy groups -OCH3 is 1. The Bertz CT molecular complexity index is 1040. The first-order valence-electron chi connectivity index (χ1n) is 9.01. The zero-order chi connectivity index (χ0) is 21.1. The van der Waals surface area contributed by atoms with Crippen LogP contribution >= 0.6 is 11.3 Å². The minimum Gasteiger partial charge on any atom is -0.496 e. The van der Waals surface area contributed by atoms with Crippen molar-refractivity contribution in [1.29, 1.82) is 0 Å². The summed E-state index contributed by atoms with van der Waals surface area (Å²) in [5.74, 6) is 0.518. The zero-order valence-electron chi connectivity index (χ0n) is 17.0. The molecule has 0 saturated heterocycles. The van der Waals surface area contributed by atoms with Gasteiger partial charge in [-0.15, -0.1) is 11.3 Å². The van der Waals surface area contributed by atoms with Gasteiger partial charge in [0.1, 0.15) is 5.75 Å². The van der Waals surface area contributed by atoms with Crippen molar-refractivity contribution in [3.63, 3.8) is 0 Å². The second-order valence-corrected chi connectivity index (χ2v) is 7.81. The van der Waals surface area contributed by atoms with Crippen molar-refractivity contribution in [2.24, 2.45) is 0 Å². The van der Waals surface area contributed by atoms with E-state index in [0.29, 0.717) is 16.4 Å². The first kappa shape index (κ1) is 20.6. The summed E-state index contributed by atoms with van der Waals surface area (Å²) in [6.45, 7) is 6.07. The minimum atomic E-state index is -0.352. The molecular weight excluding hydrogens is 390 g/mol. The summed E-state index contributed by atoms with van der Waals surface area (Å²) in [7, 11) is 3.36. The third-order valence-corrected chi connectivity index (χ3v) is 5.72. The molecule has 0 unspecified atom stereocenters. The van der Waals surface area contributed by atoms with Gasteiger partial charge in [-0.2, -0.15) is 0 Å². The predicted octanol–water partition coefficient (Wildman–Crippen LogP) is 4.19. The van der Waals surface area contributed by atoms with E-state index in [1.54, 1.807) is 43.5 Å². The van der Waals surface area contributed by atoms with E-state index in [2.05, 4.69) is 10.3 Å². The molecule has 0 atom stereocenters. The quantitative estimate of drug-likeness (QED) is 0.655. The largest absolute Gasteiger partial charge is 0.496 e. The van der Waals surface area contributed by atoms with Crippen molar-refractivity contribution in [2.45, 2.75) is 27.3 Å². The molecule has 0 aliphatic heterocycles. The molecule has 0 bridgehead atoms. The lowest BCUT2D eigenvalue weighted by Crippen LogP contribution is -2.27. The number of nitrogens with zero attached hydrogens (tertiary/aromatic N) is 2. The Balaban J connectivity index is 1.75. The van der Waals surface area contributed by atoms with Crippen LogP contribution in [0.15, 0.2) is 35.1 Å². The van der Waals surface area contributed by atoms with Crippen LogP contribution < -0.4 is 10.1 Å². The Kier molecular flexibility index (Phi) is 6.03. The molecule has 0 aromatic carbocycles. The molecule has 1 N–H and O–H groups in total. The molecule has 8 heteroatoms. The van der Waals surface area contributed by atoms with Crippen molar-refractivity contribution in [2.75, 3.05) is 19.5 Å². The van der Waals surface area contributed by atoms with Gasteiger partial charge in [-0.1, -0.05) is 0 Å². The average molecular weight is 413 g/mol. The van der Waals surface area contributed by atoms with Gasteiger partial charge in [-0.25, -0.2) is 0 Å². The van der Waals surface area contributed by atoms with E-state index in [-0.39, 0.29) is 17.6 Å². The number of furan rings is 1. The standard InChI is InChI=1S/C21H23N3O4S/c1-12-9-17(23-20(25)16-7-6-8-28-16)29-19(12)21(26)24(4)11-15-14(3)18(27-5)13(2)10-22-15/h6-10H,11H2,1-5H3,(H,23,25). The molecule has 3 rings (SSSR count). The van der Waals surface area contributed by atoms with Crippen LogP contribution in [-0.4, -0.2) is 35.9 Å². The molecule has 152 valence electrons. The number of aryl methyl sites for hydroxylation is 2. The Morgan fingerprint density at radius 2 is 2.03 bits per heavy atom. The second kappa shape index (κ2) is 8.48. The van der Waals surface area contributed by atoms with Gasteiger partial charge in [-0.3, -0.25) is 14.6 Å². The fraction of sp³-hybridized carbons (Fsp3) is 0.286. The van der Waals surface area contributed by atoms with E-state index in [4.69, 9.17) is 9.15 Å². The molecule has 29 heavy (non-hydrogen) atoms. The maximum absolute atomic E-state index is 13.0. The van der Waals surface area contributed by atoms with E-state index >= 15 is 0 Å². The number of hydrogen-bond donors (Lipinski definition) is 1. The highest BCUT2D eigenvalue weighted by atomic mass is 32.1. The Morgan fingerprint density at radius 3 is 2.69 bits per heavy atom. The Labute approximate surface area is 173 Å². The van der Waals surface area contributed by atoms with Gasteiger partial charge in [-0.05, 0) is 44.5 Å². The zero-order valence-corrected chi connectivity index (χ0v) is 17.8. The van der Waals surface area contributed by atoms with Crippen LogP contribution in [-0.2, 0) is 6.54 Å². The molecule has 0 aliphatic carbocycles. The highest BCUT2D eigenvalue weighted by Gasteiger charge is 2.21. The molecule has 3 aromatic rings. The van der Waals surface area contributed by atoms with Crippen LogP contribution in [0.25, 0.3) is 0 Å². The van der Waals surface area contributed by atoms with Crippen LogP contribution in [0.4, 0.5) is 5.00 Å². The van der Waals surface area contributed by atoms with Crippen LogP contribution in [0.1, 0.15) is 42.6 Å². The maximum atomic E-state index is 13.0. The number of hydrogen-bond acceptors (Lipinski definition) is 6. The minimum absolute atomic E-state index is 0.133. The van der Waals surface area contributed by atoms with Crippen LogP contribution in [0.2, 0.25) is 0 Å². The molecule has 0 radical (unpaired) electrons. The first-order chi connectivity index (χ1) is 13.8. The summed E-state index contributed by atoms with van der Waals surface area (Å²) in [5, 5.41) is 3.36. The fourth-order valence-corrected chi connectivity index (χ4v) is 4.10. The van der Waals surface area contributed by atoms with Crippen molar-refractivity contribution in [1.82, 2.24) is 9.88 Å². The van der Waals surface area contributed by atoms with E-state index in [9.17, 15) is 9.59 Å². The monoisotopic (exact) mass is 413 g/mol. The Hall–Kier alpha value is -3.13. The molecule has 2 amide bonds. The smallest absolute Gasteiger partial charge is 0.291 e. The number of anilines is 1. The SMILES string of the molecule is COc1c(C)cnc(CN(C)C(=O)c2sc(NC(=O)c3ccco3)cc2C)c1C. The summed E-state index contributed by atoms with van der Waals surface area (Å²) >= 11 is 1.24. The predicted molar refractivity (Wildman–Crippen MR) is 112 cm³/mol. The summed E-state index contributed by atoms with van der Waals surface area (Å²) in [5.41, 5.74) is 3.45. The number of amides is 2. The average Bonchev–Trinajstić information content (AvgIpc) is 3.34. The topological polar surface area (TPSA) is 84.7 Å². The molecular formula is C21H23N3O4S. The third-order valence-electron chi connectivity index (χ3n) is 4.58. The summed E-state index contributed by atoms with van der Waals surface area (Å²) in [6.07, 6.45) is 3.19. The molecule has 0 saturated carbocycles. The van der Waals surface area contributed by atoms with Gasteiger partial charge >= 0.3 is 0 Å². The van der Waals surface area contributed by atoms with E-state index in [1.807, 2.05) is 20.8 Å². The van der Waals surface area contributed by atoms with Gasteiger partial charge in [0.15, 0.2) is 5.76 Å². The van der Waals surface area contributed by atoms with Gasteiger partial charge < -0.3 is 19.4 Å². The number of carbonyl (C=O) groups is 2. The van der Waals surface area contributed by atoms with E-state index in [1.165, 1.54) is 17.6 Å². The fourth-order valence-electron chi connectivity index (χ4n) is 3.04. The van der Waals surface area contributed by atoms with Crippen molar-refractivity contribution < 1.29 is 18.7 Å². The van der Waals surface area contributed by atoms with Crippen LogP contribution in [0.3, 0.4) is 0 Å². The number of carbonyl (C=O) groups excluding carboxylic acids is 2. The molecule has 0 spiro atoms. The lowest BCUT2D eigenvalue weighted by molar-refractivity contribution is 0.0787. The highest BCUT2D eigenvalue weighted by Crippen LogP contribution is 2.29. The van der Waals surface area contributed by atoms with Crippen LogP contribution in [0.5, 0.6) is 5.75 Å². The van der Waals surface area contributed by atoms with Gasteiger partial charge in [0.05, 0.1) is 35.5 Å². The van der Waals surface area contributed by atoms with E-state index < -0.39 is 0 Å². The number of nitrogens with one attached hydrogen (secondary N) is 1. The molecule has 3 heterocycles. The van der Waals surface area contributed by atoms with Crippen LogP contribution in [0, 0.1) is 20.8 Å². The van der Waals surface area contributed by atoms with Crippen molar-refractivity contribution >= 4 is 28.2 Å². The molecule has 0 aliphatic rings. The Morgan fingerprint density at radius 1 is 1.28 bits per heavy atom. The van der Waals surface area contributed by atoms with Crippen molar-refractivity contribution in [3.05, 3.63) is 63.7 Å². The van der Waals surface area contributed by atoms with E-state index in [0.717, 1.165) is 28.1 Å². The lowest BCUT2D eigenvalue weighted by Gasteiger charge is -2.19. The van der Waals surface area contributed by atoms with Gasteiger partial charge in [0.2, 0.25) is 0 Å². The number of rotatable bonds is 6. The summed E-state index contributed by atoms with van der Waals surface area (Å²) < 4.78 is 10.5. The van der Waals surface area contributed by atoms with Gasteiger partial charge in [0, 0.05) is 24.4 Å². The summed E-state index contributed by atoms with van der Waals surface area (Å²) in [6, 6.07) is 5.01. The number of aromatic nitrogens is 1. The lowest BCUT2D eigenvalue weighted by atomic mass is 10.1. The molecule has 7 nitrogen and oxygen atoms in total. The number of thiophene rings is 1. The van der Waals surface area contributed by atoms with Gasteiger partial charge in [0.25, 0.3) is 11.8 Å².